The van der Waals surface area contributed by atoms with Gasteiger partial charge in [0, 0.05) is 25.7 Å². The Morgan fingerprint density at radius 1 is 1.35 bits per heavy atom. The zero-order valence-electron chi connectivity index (χ0n) is 10.7. The highest BCUT2D eigenvalue weighted by molar-refractivity contribution is 5.78. The molecule has 1 aromatic rings. The summed E-state index contributed by atoms with van der Waals surface area (Å²) in [5.41, 5.74) is 8.31. The summed E-state index contributed by atoms with van der Waals surface area (Å²) in [6, 6.07) is 8.57. The highest BCUT2D eigenvalue weighted by Crippen LogP contribution is 2.49. The Balaban J connectivity index is 1.99. The second-order valence-electron chi connectivity index (χ2n) is 5.39. The van der Waals surface area contributed by atoms with Crippen LogP contribution in [-0.2, 0) is 0 Å². The zero-order chi connectivity index (χ0) is 12.5. The van der Waals surface area contributed by atoms with Gasteiger partial charge in [-0.25, -0.2) is 0 Å². The molecule has 1 saturated carbocycles. The maximum Gasteiger partial charge on any atom is 0.0911 e. The van der Waals surface area contributed by atoms with Gasteiger partial charge in [0.1, 0.15) is 0 Å². The lowest BCUT2D eigenvalue weighted by Crippen LogP contribution is -2.29. The zero-order valence-corrected chi connectivity index (χ0v) is 10.7. The first-order valence-electron chi connectivity index (χ1n) is 6.11. The van der Waals surface area contributed by atoms with Gasteiger partial charge in [0.25, 0.3) is 0 Å². The van der Waals surface area contributed by atoms with E-state index in [-0.39, 0.29) is 5.41 Å². The highest BCUT2D eigenvalue weighted by Gasteiger charge is 2.43. The van der Waals surface area contributed by atoms with E-state index in [1.807, 2.05) is 0 Å². The maximum absolute atomic E-state index is 7.43. The van der Waals surface area contributed by atoms with E-state index in [2.05, 4.69) is 43.1 Å². The molecule has 1 aliphatic rings. The molecule has 0 aromatic heterocycles. The van der Waals surface area contributed by atoms with Gasteiger partial charge >= 0.3 is 0 Å². The second kappa shape index (κ2) is 4.40. The van der Waals surface area contributed by atoms with Crippen LogP contribution in [0.15, 0.2) is 24.3 Å². The van der Waals surface area contributed by atoms with Crippen molar-refractivity contribution >= 4 is 11.5 Å². The van der Waals surface area contributed by atoms with Gasteiger partial charge in [0.05, 0.1) is 5.84 Å². The van der Waals surface area contributed by atoms with Gasteiger partial charge in [-0.1, -0.05) is 17.7 Å². The number of nitrogens with zero attached hydrogens (tertiary/aromatic N) is 1. The van der Waals surface area contributed by atoms with Crippen LogP contribution >= 0.6 is 0 Å². The number of nitrogens with two attached hydrogens (primary N) is 1. The summed E-state index contributed by atoms with van der Waals surface area (Å²) in [6.07, 6.45) is 3.13. The first kappa shape index (κ1) is 12.0. The molecule has 3 nitrogen and oxygen atoms in total. The molecule has 0 atom stereocenters. The number of anilines is 1. The molecular formula is C14H21N3. The van der Waals surface area contributed by atoms with E-state index < -0.39 is 0 Å². The van der Waals surface area contributed by atoms with E-state index in [1.54, 1.807) is 0 Å². The topological polar surface area (TPSA) is 53.1 Å². The standard InChI is InChI=1S/C14H21N3/c1-11-3-5-12(6-4-11)17(2)10-14(7-8-14)9-13(15)16/h3-6H,7-10H2,1-2H3,(H3,15,16). The van der Waals surface area contributed by atoms with Crippen LogP contribution in [0.3, 0.4) is 0 Å². The van der Waals surface area contributed by atoms with Crippen LogP contribution in [-0.4, -0.2) is 19.4 Å². The molecule has 92 valence electrons. The quantitative estimate of drug-likeness (QED) is 0.604. The van der Waals surface area contributed by atoms with Crippen molar-refractivity contribution < 1.29 is 0 Å². The first-order chi connectivity index (χ1) is 8.01. The Labute approximate surface area is 103 Å². The molecule has 1 fully saturated rings. The number of hydrogen-bond acceptors (Lipinski definition) is 2. The molecule has 3 N–H and O–H groups in total. The molecule has 0 unspecified atom stereocenters. The molecule has 0 aliphatic heterocycles. The first-order valence-corrected chi connectivity index (χ1v) is 6.11. The molecule has 0 radical (unpaired) electrons. The summed E-state index contributed by atoms with van der Waals surface area (Å²) in [6.45, 7) is 3.09. The molecule has 0 saturated heterocycles. The normalized spacial score (nSPS) is 16.6. The predicted octanol–water partition coefficient (Wildman–Crippen LogP) is 2.54. The van der Waals surface area contributed by atoms with Crippen molar-refractivity contribution in [3.63, 3.8) is 0 Å². The summed E-state index contributed by atoms with van der Waals surface area (Å²) < 4.78 is 0. The third-order valence-electron chi connectivity index (χ3n) is 3.57. The Morgan fingerprint density at radius 2 is 1.94 bits per heavy atom. The lowest BCUT2D eigenvalue weighted by atomic mass is 10.0. The van der Waals surface area contributed by atoms with Crippen LogP contribution in [0.1, 0.15) is 24.8 Å². The fraction of sp³-hybridized carbons (Fsp3) is 0.500. The second-order valence-corrected chi connectivity index (χ2v) is 5.39. The van der Waals surface area contributed by atoms with Crippen molar-refractivity contribution in [2.45, 2.75) is 26.2 Å². The third-order valence-corrected chi connectivity index (χ3v) is 3.57. The molecule has 17 heavy (non-hydrogen) atoms. The van der Waals surface area contributed by atoms with E-state index in [0.717, 1.165) is 13.0 Å². The SMILES string of the molecule is Cc1ccc(N(C)CC2(CC(=N)N)CC2)cc1. The minimum atomic E-state index is 0.269. The Hall–Kier alpha value is -1.51. The number of aryl methyl sites for hydroxylation is 1. The summed E-state index contributed by atoms with van der Waals surface area (Å²) in [7, 11) is 2.12. The number of rotatable bonds is 5. The van der Waals surface area contributed by atoms with Crippen molar-refractivity contribution in [2.24, 2.45) is 11.1 Å². The lowest BCUT2D eigenvalue weighted by molar-refractivity contribution is 0.530. The fourth-order valence-corrected chi connectivity index (χ4v) is 2.37. The van der Waals surface area contributed by atoms with E-state index in [9.17, 15) is 0 Å². The lowest BCUT2D eigenvalue weighted by Gasteiger charge is -2.25. The van der Waals surface area contributed by atoms with Gasteiger partial charge in [-0.3, -0.25) is 5.41 Å². The van der Waals surface area contributed by atoms with E-state index in [4.69, 9.17) is 11.1 Å². The van der Waals surface area contributed by atoms with E-state index in [1.165, 1.54) is 24.1 Å². The highest BCUT2D eigenvalue weighted by atomic mass is 15.1. The van der Waals surface area contributed by atoms with Gasteiger partial charge in [-0.15, -0.1) is 0 Å². The van der Waals surface area contributed by atoms with Gasteiger partial charge < -0.3 is 10.6 Å². The minimum absolute atomic E-state index is 0.269. The average Bonchev–Trinajstić information content (AvgIpc) is 2.97. The van der Waals surface area contributed by atoms with Crippen LogP contribution < -0.4 is 10.6 Å². The maximum atomic E-state index is 7.43. The van der Waals surface area contributed by atoms with Crippen LogP contribution in [0.4, 0.5) is 5.69 Å². The van der Waals surface area contributed by atoms with Crippen molar-refractivity contribution in [2.75, 3.05) is 18.5 Å². The number of benzene rings is 1. The molecular weight excluding hydrogens is 210 g/mol. The molecule has 0 spiro atoms. The largest absolute Gasteiger partial charge is 0.388 e. The van der Waals surface area contributed by atoms with E-state index >= 15 is 0 Å². The summed E-state index contributed by atoms with van der Waals surface area (Å²) in [5, 5.41) is 7.43. The number of nitrogens with one attached hydrogen (secondary N) is 1. The van der Waals surface area contributed by atoms with Gasteiger partial charge in [-0.05, 0) is 37.3 Å². The van der Waals surface area contributed by atoms with Crippen LogP contribution in [0.5, 0.6) is 0 Å². The van der Waals surface area contributed by atoms with Crippen LogP contribution in [0, 0.1) is 17.7 Å². The van der Waals surface area contributed by atoms with Gasteiger partial charge in [-0.2, -0.15) is 0 Å². The monoisotopic (exact) mass is 231 g/mol. The molecule has 0 amide bonds. The van der Waals surface area contributed by atoms with Crippen molar-refractivity contribution in [1.29, 1.82) is 5.41 Å². The van der Waals surface area contributed by atoms with Gasteiger partial charge in [0.15, 0.2) is 0 Å². The predicted molar refractivity (Wildman–Crippen MR) is 72.6 cm³/mol. The van der Waals surface area contributed by atoms with Crippen molar-refractivity contribution in [3.8, 4) is 0 Å². The summed E-state index contributed by atoms with van der Waals surface area (Å²) in [4.78, 5) is 2.27. The van der Waals surface area contributed by atoms with Gasteiger partial charge in [0.2, 0.25) is 0 Å². The minimum Gasteiger partial charge on any atom is -0.388 e. The molecule has 2 rings (SSSR count). The van der Waals surface area contributed by atoms with Crippen LogP contribution in [0.2, 0.25) is 0 Å². The van der Waals surface area contributed by atoms with Crippen LogP contribution in [0.25, 0.3) is 0 Å². The third kappa shape index (κ3) is 2.99. The fourth-order valence-electron chi connectivity index (χ4n) is 2.37. The molecule has 3 heteroatoms. The average molecular weight is 231 g/mol. The summed E-state index contributed by atoms with van der Waals surface area (Å²) >= 11 is 0. The smallest absolute Gasteiger partial charge is 0.0911 e. The Morgan fingerprint density at radius 3 is 2.41 bits per heavy atom. The molecule has 0 heterocycles. The van der Waals surface area contributed by atoms with E-state index in [0.29, 0.717) is 5.84 Å². The Kier molecular flexibility index (Phi) is 3.09. The number of hydrogen-bond donors (Lipinski definition) is 2. The van der Waals surface area contributed by atoms with Crippen molar-refractivity contribution in [3.05, 3.63) is 29.8 Å². The molecule has 1 aliphatic carbocycles. The molecule has 0 bridgehead atoms. The Bertz CT molecular complexity index is 404. The number of amidine groups is 1. The van der Waals surface area contributed by atoms with Crippen molar-refractivity contribution in [1.82, 2.24) is 0 Å². The summed E-state index contributed by atoms with van der Waals surface area (Å²) in [5.74, 6) is 0.319. The molecule has 1 aromatic carbocycles.